The Labute approximate surface area is 113 Å². The Morgan fingerprint density at radius 1 is 1.05 bits per heavy atom. The van der Waals surface area contributed by atoms with E-state index in [1.165, 1.54) is 23.4 Å². The van der Waals surface area contributed by atoms with Crippen molar-refractivity contribution in [3.8, 4) is 0 Å². The third-order valence-electron chi connectivity index (χ3n) is 3.10. The highest BCUT2D eigenvalue weighted by Crippen LogP contribution is 2.22. The molecule has 2 aromatic rings. The van der Waals surface area contributed by atoms with Gasteiger partial charge in [-0.1, -0.05) is 18.2 Å². The van der Waals surface area contributed by atoms with Gasteiger partial charge in [0.15, 0.2) is 0 Å². The van der Waals surface area contributed by atoms with E-state index >= 15 is 0 Å². The van der Waals surface area contributed by atoms with Crippen molar-refractivity contribution in [1.82, 2.24) is 0 Å². The molecule has 2 aromatic carbocycles. The molecule has 2 nitrogen and oxygen atoms in total. The van der Waals surface area contributed by atoms with Crippen LogP contribution >= 0.6 is 0 Å². The van der Waals surface area contributed by atoms with Crippen molar-refractivity contribution in [2.24, 2.45) is 0 Å². The van der Waals surface area contributed by atoms with E-state index in [0.29, 0.717) is 6.54 Å². The molecular formula is C16H19FN2. The lowest BCUT2D eigenvalue weighted by Crippen LogP contribution is -2.10. The second-order valence-electron chi connectivity index (χ2n) is 4.88. The fourth-order valence-electron chi connectivity index (χ4n) is 2.01. The lowest BCUT2D eigenvalue weighted by Gasteiger charge is -2.17. The van der Waals surface area contributed by atoms with Crippen molar-refractivity contribution in [2.75, 3.05) is 24.3 Å². The molecule has 0 aliphatic rings. The molecule has 0 heterocycles. The molecule has 0 saturated heterocycles. The number of hydrogen-bond acceptors (Lipinski definition) is 2. The summed E-state index contributed by atoms with van der Waals surface area (Å²) in [5, 5.41) is 3.35. The number of rotatable bonds is 4. The van der Waals surface area contributed by atoms with Gasteiger partial charge in [-0.3, -0.25) is 0 Å². The molecule has 0 unspecified atom stereocenters. The minimum Gasteiger partial charge on any atom is -0.381 e. The van der Waals surface area contributed by atoms with Crippen LogP contribution in [-0.2, 0) is 6.54 Å². The molecule has 0 aromatic heterocycles. The van der Waals surface area contributed by atoms with E-state index in [-0.39, 0.29) is 5.82 Å². The molecule has 0 aliphatic heterocycles. The van der Waals surface area contributed by atoms with Gasteiger partial charge in [-0.25, -0.2) is 4.39 Å². The first-order valence-electron chi connectivity index (χ1n) is 6.32. The van der Waals surface area contributed by atoms with Gasteiger partial charge in [-0.15, -0.1) is 0 Å². The monoisotopic (exact) mass is 258 g/mol. The Bertz CT molecular complexity index is 547. The van der Waals surface area contributed by atoms with Crippen molar-refractivity contribution in [3.05, 3.63) is 59.4 Å². The molecule has 0 spiro atoms. The van der Waals surface area contributed by atoms with Gasteiger partial charge < -0.3 is 10.2 Å². The quantitative estimate of drug-likeness (QED) is 0.897. The Morgan fingerprint density at radius 2 is 1.74 bits per heavy atom. The van der Waals surface area contributed by atoms with Crippen molar-refractivity contribution < 1.29 is 4.39 Å². The smallest absolute Gasteiger partial charge is 0.123 e. The van der Waals surface area contributed by atoms with Crippen LogP contribution in [0.4, 0.5) is 15.8 Å². The van der Waals surface area contributed by atoms with Crippen LogP contribution in [-0.4, -0.2) is 14.1 Å². The van der Waals surface area contributed by atoms with Crippen LogP contribution in [0.3, 0.4) is 0 Å². The molecule has 100 valence electrons. The average Bonchev–Trinajstić information content (AvgIpc) is 2.39. The van der Waals surface area contributed by atoms with Crippen LogP contribution in [0, 0.1) is 12.7 Å². The van der Waals surface area contributed by atoms with Crippen molar-refractivity contribution in [2.45, 2.75) is 13.5 Å². The molecule has 0 fully saturated rings. The maximum Gasteiger partial charge on any atom is 0.123 e. The molecule has 0 saturated carbocycles. The van der Waals surface area contributed by atoms with Gasteiger partial charge in [0.1, 0.15) is 5.82 Å². The van der Waals surface area contributed by atoms with Crippen LogP contribution in [0.25, 0.3) is 0 Å². The average molecular weight is 258 g/mol. The zero-order valence-corrected chi connectivity index (χ0v) is 11.6. The summed E-state index contributed by atoms with van der Waals surface area (Å²) in [6, 6.07) is 12.8. The summed E-state index contributed by atoms with van der Waals surface area (Å²) in [6.45, 7) is 2.79. The number of benzene rings is 2. The first kappa shape index (κ1) is 13.4. The van der Waals surface area contributed by atoms with Crippen LogP contribution < -0.4 is 10.2 Å². The van der Waals surface area contributed by atoms with E-state index in [2.05, 4.69) is 35.3 Å². The Balaban J connectivity index is 2.07. The highest BCUT2D eigenvalue weighted by Gasteiger charge is 2.02. The minimum absolute atomic E-state index is 0.200. The summed E-state index contributed by atoms with van der Waals surface area (Å²) < 4.78 is 12.8. The van der Waals surface area contributed by atoms with E-state index in [4.69, 9.17) is 0 Å². The molecule has 0 radical (unpaired) electrons. The van der Waals surface area contributed by atoms with Crippen molar-refractivity contribution >= 4 is 11.4 Å². The number of nitrogens with zero attached hydrogens (tertiary/aromatic N) is 1. The number of aryl methyl sites for hydroxylation is 1. The van der Waals surface area contributed by atoms with Gasteiger partial charge in [0, 0.05) is 32.0 Å². The Morgan fingerprint density at radius 3 is 2.37 bits per heavy atom. The fourth-order valence-corrected chi connectivity index (χ4v) is 2.01. The molecule has 3 heteroatoms. The Hall–Kier alpha value is -2.03. The SMILES string of the molecule is Cc1ccc(NCc2ccc(F)cc2)cc1N(C)C. The number of anilines is 2. The van der Waals surface area contributed by atoms with Gasteiger partial charge in [-0.2, -0.15) is 0 Å². The number of halogens is 1. The topological polar surface area (TPSA) is 15.3 Å². The lowest BCUT2D eigenvalue weighted by atomic mass is 10.1. The highest BCUT2D eigenvalue weighted by molar-refractivity contribution is 5.61. The maximum atomic E-state index is 12.8. The standard InChI is InChI=1S/C16H19FN2/c1-12-4-9-15(10-16(12)19(2)3)18-11-13-5-7-14(17)8-6-13/h4-10,18H,11H2,1-3H3. The predicted octanol–water partition coefficient (Wildman–Crippen LogP) is 3.81. The molecule has 2 rings (SSSR count). The molecular weight excluding hydrogens is 239 g/mol. The molecule has 19 heavy (non-hydrogen) atoms. The Kier molecular flexibility index (Phi) is 4.05. The van der Waals surface area contributed by atoms with Gasteiger partial charge in [0.2, 0.25) is 0 Å². The summed E-state index contributed by atoms with van der Waals surface area (Å²) in [5.74, 6) is -0.200. The van der Waals surface area contributed by atoms with Gasteiger partial charge in [0.05, 0.1) is 0 Å². The molecule has 0 atom stereocenters. The molecule has 0 bridgehead atoms. The maximum absolute atomic E-state index is 12.8. The van der Waals surface area contributed by atoms with Crippen LogP contribution in [0.5, 0.6) is 0 Å². The largest absolute Gasteiger partial charge is 0.381 e. The van der Waals surface area contributed by atoms with Gasteiger partial charge in [0.25, 0.3) is 0 Å². The van der Waals surface area contributed by atoms with E-state index in [9.17, 15) is 4.39 Å². The summed E-state index contributed by atoms with van der Waals surface area (Å²) in [7, 11) is 4.07. The zero-order valence-electron chi connectivity index (χ0n) is 11.6. The van der Waals surface area contributed by atoms with E-state index in [1.54, 1.807) is 12.1 Å². The second kappa shape index (κ2) is 5.74. The zero-order chi connectivity index (χ0) is 13.8. The van der Waals surface area contributed by atoms with E-state index < -0.39 is 0 Å². The lowest BCUT2D eigenvalue weighted by molar-refractivity contribution is 0.627. The molecule has 1 N–H and O–H groups in total. The predicted molar refractivity (Wildman–Crippen MR) is 79.2 cm³/mol. The van der Waals surface area contributed by atoms with E-state index in [1.807, 2.05) is 14.1 Å². The first-order valence-corrected chi connectivity index (χ1v) is 6.32. The summed E-state index contributed by atoms with van der Waals surface area (Å²) >= 11 is 0. The number of hydrogen-bond donors (Lipinski definition) is 1. The summed E-state index contributed by atoms with van der Waals surface area (Å²) in [5.41, 5.74) is 4.58. The minimum atomic E-state index is -0.200. The molecule has 0 aliphatic carbocycles. The third-order valence-corrected chi connectivity index (χ3v) is 3.10. The van der Waals surface area contributed by atoms with Crippen LogP contribution in [0.2, 0.25) is 0 Å². The van der Waals surface area contributed by atoms with E-state index in [0.717, 1.165) is 11.3 Å². The van der Waals surface area contributed by atoms with Crippen LogP contribution in [0.15, 0.2) is 42.5 Å². The number of nitrogens with one attached hydrogen (secondary N) is 1. The highest BCUT2D eigenvalue weighted by atomic mass is 19.1. The van der Waals surface area contributed by atoms with Crippen molar-refractivity contribution in [3.63, 3.8) is 0 Å². The normalized spacial score (nSPS) is 10.3. The van der Waals surface area contributed by atoms with Gasteiger partial charge >= 0.3 is 0 Å². The van der Waals surface area contributed by atoms with Crippen molar-refractivity contribution in [1.29, 1.82) is 0 Å². The second-order valence-corrected chi connectivity index (χ2v) is 4.88. The summed E-state index contributed by atoms with van der Waals surface area (Å²) in [4.78, 5) is 2.10. The third kappa shape index (κ3) is 3.47. The molecule has 0 amide bonds. The van der Waals surface area contributed by atoms with Crippen LogP contribution in [0.1, 0.15) is 11.1 Å². The fraction of sp³-hybridized carbons (Fsp3) is 0.250. The van der Waals surface area contributed by atoms with Gasteiger partial charge in [-0.05, 0) is 42.3 Å². The first-order chi connectivity index (χ1) is 9.06. The summed E-state index contributed by atoms with van der Waals surface area (Å²) in [6.07, 6.45) is 0.